The van der Waals surface area contributed by atoms with Crippen molar-refractivity contribution in [3.8, 4) is 5.75 Å². The summed E-state index contributed by atoms with van der Waals surface area (Å²) in [5, 5.41) is 0.712. The maximum Gasteiger partial charge on any atom is 0.264 e. The number of amides is 1. The topological polar surface area (TPSA) is 92.8 Å². The highest BCUT2D eigenvalue weighted by atomic mass is 35.5. The number of benzene rings is 2. The molecule has 1 fully saturated rings. The second kappa shape index (κ2) is 12.4. The van der Waals surface area contributed by atoms with Crippen LogP contribution in [0.4, 0.5) is 5.69 Å². The van der Waals surface area contributed by atoms with Crippen LogP contribution in [0.1, 0.15) is 67.9 Å². The molecule has 2 aromatic carbocycles. The smallest absolute Gasteiger partial charge is 0.264 e. The van der Waals surface area contributed by atoms with Crippen molar-refractivity contribution < 1.29 is 22.7 Å². The molecule has 2 aliphatic carbocycles. The number of aryl methyl sites for hydroxylation is 1. The van der Waals surface area contributed by atoms with E-state index >= 15 is 0 Å². The highest BCUT2D eigenvalue weighted by Crippen LogP contribution is 2.46. The first kappa shape index (κ1) is 32.3. The van der Waals surface area contributed by atoms with Gasteiger partial charge in [-0.05, 0) is 96.9 Å². The minimum Gasteiger partial charge on any atom is -0.490 e. The quantitative estimate of drug-likeness (QED) is 0.236. The van der Waals surface area contributed by atoms with Gasteiger partial charge in [0.25, 0.3) is 5.91 Å². The van der Waals surface area contributed by atoms with E-state index in [-0.39, 0.29) is 40.3 Å². The van der Waals surface area contributed by atoms with Gasteiger partial charge in [0.2, 0.25) is 10.0 Å². The number of nitrogens with zero attached hydrogens (tertiary/aromatic N) is 1. The lowest BCUT2D eigenvalue weighted by Gasteiger charge is -2.44. The molecule has 5 rings (SSSR count). The Bertz CT molecular complexity index is 1590. The van der Waals surface area contributed by atoms with Crippen molar-refractivity contribution >= 4 is 39.0 Å². The molecular formula is C35H43ClN2O5S. The van der Waals surface area contributed by atoms with Crippen molar-refractivity contribution in [3.63, 3.8) is 0 Å². The molecule has 1 heterocycles. The number of rotatable bonds is 10. The van der Waals surface area contributed by atoms with Gasteiger partial charge in [-0.1, -0.05) is 51.1 Å². The lowest BCUT2D eigenvalue weighted by atomic mass is 9.69. The fourth-order valence-electron chi connectivity index (χ4n) is 7.03. The summed E-state index contributed by atoms with van der Waals surface area (Å²) in [5.41, 5.74) is 2.49. The standard InChI is InChI=1S/C35H43ClN2O5S/c1-6-23(3)34(4,5)22-44(41,42)37-33(40)25-11-15-32-30(18-25)38(19-26-10-13-28(26)31(39)7-2)20-35(21-43-32)16-8-9-24-17-27(36)12-14-29(24)35/h6-7,11-12,14-15,17-18,23,26,28H,1-2,8-10,13,16,19-22H2,3-5H3,(H,37,40)/t23?,26-,28+,35-/m0/s1. The number of sulfonamides is 1. The van der Waals surface area contributed by atoms with Gasteiger partial charge in [-0.2, -0.15) is 0 Å². The van der Waals surface area contributed by atoms with Crippen LogP contribution in [-0.4, -0.2) is 45.6 Å². The largest absolute Gasteiger partial charge is 0.490 e. The Morgan fingerprint density at radius 1 is 1.20 bits per heavy atom. The van der Waals surface area contributed by atoms with E-state index in [1.54, 1.807) is 24.3 Å². The number of carbonyl (C=O) groups is 2. The Labute approximate surface area is 266 Å². The van der Waals surface area contributed by atoms with Gasteiger partial charge in [-0.15, -0.1) is 6.58 Å². The Kier molecular flexibility index (Phi) is 9.07. The zero-order chi connectivity index (χ0) is 31.9. The molecule has 1 spiro atoms. The molecule has 9 heteroatoms. The van der Waals surface area contributed by atoms with Gasteiger partial charge in [0, 0.05) is 35.0 Å². The first-order valence-electron chi connectivity index (χ1n) is 15.4. The van der Waals surface area contributed by atoms with E-state index in [2.05, 4.69) is 28.8 Å². The first-order valence-corrected chi connectivity index (χ1v) is 17.4. The third-order valence-electron chi connectivity index (χ3n) is 10.1. The Morgan fingerprint density at radius 3 is 2.66 bits per heavy atom. The molecule has 3 aliphatic rings. The number of allylic oxidation sites excluding steroid dienone is 2. The van der Waals surface area contributed by atoms with E-state index in [0.717, 1.165) is 37.8 Å². The Balaban J connectivity index is 1.48. The van der Waals surface area contributed by atoms with E-state index in [1.807, 2.05) is 32.9 Å². The number of ether oxygens (including phenoxy) is 1. The summed E-state index contributed by atoms with van der Waals surface area (Å²) in [5.74, 6) is -0.207. The van der Waals surface area contributed by atoms with Gasteiger partial charge >= 0.3 is 0 Å². The van der Waals surface area contributed by atoms with Crippen LogP contribution in [0.3, 0.4) is 0 Å². The summed E-state index contributed by atoms with van der Waals surface area (Å²) in [7, 11) is -3.93. The third-order valence-corrected chi connectivity index (χ3v) is 12.0. The van der Waals surface area contributed by atoms with Gasteiger partial charge in [-0.3, -0.25) is 9.59 Å². The average molecular weight is 639 g/mol. The monoisotopic (exact) mass is 638 g/mol. The van der Waals surface area contributed by atoms with Crippen LogP contribution in [0, 0.1) is 23.2 Å². The van der Waals surface area contributed by atoms with Crippen molar-refractivity contribution in [2.24, 2.45) is 23.2 Å². The zero-order valence-electron chi connectivity index (χ0n) is 25.9. The normalized spacial score (nSPS) is 23.7. The SMILES string of the molecule is C=CC(=O)[C@@H]1CC[C@H]1CN1C[C@@]2(CCCc3cc(Cl)ccc32)COc2ccc(C(=O)NS(=O)(=O)CC(C)(C)C(C)C=C)cc21. The lowest BCUT2D eigenvalue weighted by Crippen LogP contribution is -2.49. The molecular weight excluding hydrogens is 596 g/mol. The van der Waals surface area contributed by atoms with Crippen LogP contribution in [-0.2, 0) is 26.7 Å². The molecule has 1 N–H and O–H groups in total. The maximum atomic E-state index is 13.4. The molecule has 7 nitrogen and oxygen atoms in total. The van der Waals surface area contributed by atoms with Crippen LogP contribution < -0.4 is 14.4 Å². The summed E-state index contributed by atoms with van der Waals surface area (Å²) < 4.78 is 34.9. The predicted molar refractivity (Wildman–Crippen MR) is 176 cm³/mol. The number of carbonyl (C=O) groups excluding carboxylic acids is 2. The molecule has 0 radical (unpaired) electrons. The van der Waals surface area contributed by atoms with E-state index < -0.39 is 21.3 Å². The maximum absolute atomic E-state index is 13.4. The number of nitrogens with one attached hydrogen (secondary N) is 1. The van der Waals surface area contributed by atoms with Crippen LogP contribution in [0.2, 0.25) is 5.02 Å². The summed E-state index contributed by atoms with van der Waals surface area (Å²) in [4.78, 5) is 28.2. The highest BCUT2D eigenvalue weighted by Gasteiger charge is 2.44. The second-order valence-corrected chi connectivity index (χ2v) is 15.7. The minimum absolute atomic E-state index is 0.0620. The molecule has 44 heavy (non-hydrogen) atoms. The first-order chi connectivity index (χ1) is 20.8. The van der Waals surface area contributed by atoms with Crippen molar-refractivity contribution in [3.05, 3.63) is 83.4 Å². The van der Waals surface area contributed by atoms with Crippen LogP contribution in [0.25, 0.3) is 0 Å². The lowest BCUT2D eigenvalue weighted by molar-refractivity contribution is -0.122. The predicted octanol–water partition coefficient (Wildman–Crippen LogP) is 6.50. The van der Waals surface area contributed by atoms with Crippen LogP contribution >= 0.6 is 11.6 Å². The Morgan fingerprint density at radius 2 is 1.98 bits per heavy atom. The number of fused-ring (bicyclic) bond motifs is 3. The van der Waals surface area contributed by atoms with Crippen molar-refractivity contribution in [2.75, 3.05) is 30.3 Å². The molecule has 2 aromatic rings. The fourth-order valence-corrected chi connectivity index (χ4v) is 8.94. The van der Waals surface area contributed by atoms with E-state index in [0.29, 0.717) is 30.5 Å². The molecule has 236 valence electrons. The molecule has 1 unspecified atom stereocenters. The van der Waals surface area contributed by atoms with Gasteiger partial charge in [-0.25, -0.2) is 13.1 Å². The third kappa shape index (κ3) is 6.47. The van der Waals surface area contributed by atoms with Crippen molar-refractivity contribution in [1.29, 1.82) is 0 Å². The fraction of sp³-hybridized carbons (Fsp3) is 0.486. The molecule has 0 aromatic heterocycles. The molecule has 4 atom stereocenters. The number of ketones is 1. The van der Waals surface area contributed by atoms with E-state index in [1.165, 1.54) is 17.2 Å². The second-order valence-electron chi connectivity index (χ2n) is 13.5. The van der Waals surface area contributed by atoms with Crippen LogP contribution in [0.5, 0.6) is 5.75 Å². The Hall–Kier alpha value is -3.10. The number of hydrogen-bond acceptors (Lipinski definition) is 6. The highest BCUT2D eigenvalue weighted by molar-refractivity contribution is 7.90. The summed E-state index contributed by atoms with van der Waals surface area (Å²) in [6.07, 6.45) is 7.77. The molecule has 0 bridgehead atoms. The average Bonchev–Trinajstić information content (AvgIpc) is 3.10. The molecule has 1 aliphatic heterocycles. The van der Waals surface area contributed by atoms with Crippen molar-refractivity contribution in [1.82, 2.24) is 4.72 Å². The van der Waals surface area contributed by atoms with E-state index in [4.69, 9.17) is 16.3 Å². The number of anilines is 1. The van der Waals surface area contributed by atoms with Gasteiger partial charge in [0.05, 0.1) is 18.0 Å². The van der Waals surface area contributed by atoms with Gasteiger partial charge < -0.3 is 9.64 Å². The number of hydrogen-bond donors (Lipinski definition) is 1. The van der Waals surface area contributed by atoms with E-state index in [9.17, 15) is 18.0 Å². The van der Waals surface area contributed by atoms with Crippen LogP contribution in [0.15, 0.2) is 61.7 Å². The summed E-state index contributed by atoms with van der Waals surface area (Å²) in [6, 6.07) is 11.2. The zero-order valence-corrected chi connectivity index (χ0v) is 27.5. The molecule has 1 saturated carbocycles. The number of halogens is 1. The van der Waals surface area contributed by atoms with Crippen molar-refractivity contribution in [2.45, 2.75) is 58.3 Å². The van der Waals surface area contributed by atoms with Gasteiger partial charge in [0.15, 0.2) is 5.78 Å². The molecule has 1 amide bonds. The van der Waals surface area contributed by atoms with Gasteiger partial charge in [0.1, 0.15) is 5.75 Å². The molecule has 0 saturated heterocycles. The summed E-state index contributed by atoms with van der Waals surface area (Å²) >= 11 is 6.38. The summed E-state index contributed by atoms with van der Waals surface area (Å²) in [6.45, 7) is 14.8. The minimum atomic E-state index is -3.93.